The standard InChI is InChI=1S/C14H31NO/c1-6-8-13(11-16-5)9-7-10-15-12-14(2,3)4/h13,15H,6-12H2,1-5H3/t13-/m0/s1. The molecule has 0 aliphatic rings. The molecule has 2 nitrogen and oxygen atoms in total. The summed E-state index contributed by atoms with van der Waals surface area (Å²) in [6, 6.07) is 0. The van der Waals surface area contributed by atoms with Crippen molar-refractivity contribution in [1.29, 1.82) is 0 Å². The topological polar surface area (TPSA) is 21.3 Å². The van der Waals surface area contributed by atoms with E-state index < -0.39 is 0 Å². The van der Waals surface area contributed by atoms with Crippen LogP contribution in [-0.4, -0.2) is 26.8 Å². The zero-order chi connectivity index (χ0) is 12.4. The number of methoxy groups -OCH3 is 1. The second-order valence-electron chi connectivity index (χ2n) is 5.99. The monoisotopic (exact) mass is 229 g/mol. The van der Waals surface area contributed by atoms with E-state index in [4.69, 9.17) is 4.74 Å². The van der Waals surface area contributed by atoms with Gasteiger partial charge in [0.05, 0.1) is 0 Å². The Hall–Kier alpha value is -0.0800. The molecule has 0 aliphatic carbocycles. The Morgan fingerprint density at radius 3 is 2.38 bits per heavy atom. The van der Waals surface area contributed by atoms with Crippen LogP contribution in [0.4, 0.5) is 0 Å². The molecule has 0 aromatic carbocycles. The normalized spacial score (nSPS) is 14.1. The minimum absolute atomic E-state index is 0.398. The Bertz CT molecular complexity index is 145. The molecule has 0 rings (SSSR count). The Balaban J connectivity index is 3.46. The van der Waals surface area contributed by atoms with Gasteiger partial charge in [-0.3, -0.25) is 0 Å². The molecule has 0 unspecified atom stereocenters. The number of ether oxygens (including phenoxy) is 1. The highest BCUT2D eigenvalue weighted by Gasteiger charge is 2.09. The summed E-state index contributed by atoms with van der Waals surface area (Å²) in [7, 11) is 1.81. The zero-order valence-corrected chi connectivity index (χ0v) is 11.9. The number of hydrogen-bond donors (Lipinski definition) is 1. The van der Waals surface area contributed by atoms with E-state index in [9.17, 15) is 0 Å². The van der Waals surface area contributed by atoms with Crippen molar-refractivity contribution in [3.05, 3.63) is 0 Å². The summed E-state index contributed by atoms with van der Waals surface area (Å²) in [5.74, 6) is 0.756. The van der Waals surface area contributed by atoms with Gasteiger partial charge in [-0.15, -0.1) is 0 Å². The largest absolute Gasteiger partial charge is 0.384 e. The molecule has 0 aromatic heterocycles. The van der Waals surface area contributed by atoms with Crippen molar-refractivity contribution < 1.29 is 4.74 Å². The van der Waals surface area contributed by atoms with E-state index >= 15 is 0 Å². The third-order valence-corrected chi connectivity index (χ3v) is 2.72. The highest BCUT2D eigenvalue weighted by atomic mass is 16.5. The molecular weight excluding hydrogens is 198 g/mol. The van der Waals surface area contributed by atoms with Crippen LogP contribution < -0.4 is 5.32 Å². The fourth-order valence-corrected chi connectivity index (χ4v) is 1.93. The quantitative estimate of drug-likeness (QED) is 0.611. The summed E-state index contributed by atoms with van der Waals surface area (Å²) >= 11 is 0. The first-order chi connectivity index (χ1) is 7.49. The fraction of sp³-hybridized carbons (Fsp3) is 1.00. The summed E-state index contributed by atoms with van der Waals surface area (Å²) in [6.45, 7) is 12.2. The number of rotatable bonds is 9. The van der Waals surface area contributed by atoms with Crippen LogP contribution in [0, 0.1) is 11.3 Å². The van der Waals surface area contributed by atoms with Crippen LogP contribution in [0.3, 0.4) is 0 Å². The molecule has 0 aromatic rings. The molecule has 1 N–H and O–H groups in total. The lowest BCUT2D eigenvalue weighted by molar-refractivity contribution is 0.141. The van der Waals surface area contributed by atoms with Crippen LogP contribution in [0.5, 0.6) is 0 Å². The van der Waals surface area contributed by atoms with Crippen LogP contribution in [0.2, 0.25) is 0 Å². The van der Waals surface area contributed by atoms with Gasteiger partial charge >= 0.3 is 0 Å². The van der Waals surface area contributed by atoms with Gasteiger partial charge in [0, 0.05) is 13.7 Å². The molecule has 0 heterocycles. The van der Waals surface area contributed by atoms with E-state index in [0.717, 1.165) is 25.6 Å². The minimum atomic E-state index is 0.398. The van der Waals surface area contributed by atoms with Gasteiger partial charge in [-0.25, -0.2) is 0 Å². The van der Waals surface area contributed by atoms with Gasteiger partial charge in [0.15, 0.2) is 0 Å². The molecule has 0 saturated heterocycles. The van der Waals surface area contributed by atoms with E-state index in [2.05, 4.69) is 33.0 Å². The van der Waals surface area contributed by atoms with Gasteiger partial charge in [0.25, 0.3) is 0 Å². The van der Waals surface area contributed by atoms with E-state index in [1.807, 2.05) is 0 Å². The highest BCUT2D eigenvalue weighted by molar-refractivity contribution is 4.65. The molecule has 0 fully saturated rings. The van der Waals surface area contributed by atoms with Gasteiger partial charge in [-0.2, -0.15) is 0 Å². The Morgan fingerprint density at radius 1 is 1.19 bits per heavy atom. The van der Waals surface area contributed by atoms with E-state index in [-0.39, 0.29) is 0 Å². The SMILES string of the molecule is CCC[C@@H](CCCNCC(C)(C)C)COC. The first-order valence-electron chi connectivity index (χ1n) is 6.69. The Kier molecular flexibility index (Phi) is 8.96. The third-order valence-electron chi connectivity index (χ3n) is 2.72. The molecule has 0 bridgehead atoms. The van der Waals surface area contributed by atoms with Crippen LogP contribution >= 0.6 is 0 Å². The summed E-state index contributed by atoms with van der Waals surface area (Å²) < 4.78 is 5.25. The smallest absolute Gasteiger partial charge is 0.0490 e. The van der Waals surface area contributed by atoms with Crippen molar-refractivity contribution >= 4 is 0 Å². The fourth-order valence-electron chi connectivity index (χ4n) is 1.93. The van der Waals surface area contributed by atoms with E-state index in [1.165, 1.54) is 25.7 Å². The molecule has 0 saturated carbocycles. The van der Waals surface area contributed by atoms with Crippen LogP contribution in [-0.2, 0) is 4.74 Å². The lowest BCUT2D eigenvalue weighted by atomic mass is 9.96. The van der Waals surface area contributed by atoms with Gasteiger partial charge in [0.2, 0.25) is 0 Å². The lowest BCUT2D eigenvalue weighted by Crippen LogP contribution is -2.28. The number of hydrogen-bond acceptors (Lipinski definition) is 2. The van der Waals surface area contributed by atoms with Gasteiger partial charge < -0.3 is 10.1 Å². The third kappa shape index (κ3) is 10.4. The predicted molar refractivity (Wildman–Crippen MR) is 71.8 cm³/mol. The molecule has 0 radical (unpaired) electrons. The number of nitrogens with one attached hydrogen (secondary N) is 1. The van der Waals surface area contributed by atoms with Crippen molar-refractivity contribution in [1.82, 2.24) is 5.32 Å². The van der Waals surface area contributed by atoms with Crippen molar-refractivity contribution in [3.8, 4) is 0 Å². The first-order valence-corrected chi connectivity index (χ1v) is 6.69. The summed E-state index contributed by atoms with van der Waals surface area (Å²) in [6.07, 6.45) is 5.12. The molecule has 2 heteroatoms. The second-order valence-corrected chi connectivity index (χ2v) is 5.99. The maximum Gasteiger partial charge on any atom is 0.0490 e. The molecule has 0 spiro atoms. The van der Waals surface area contributed by atoms with Gasteiger partial charge in [-0.1, -0.05) is 34.1 Å². The van der Waals surface area contributed by atoms with Gasteiger partial charge in [-0.05, 0) is 43.7 Å². The van der Waals surface area contributed by atoms with Crippen LogP contribution in [0.1, 0.15) is 53.4 Å². The summed E-state index contributed by atoms with van der Waals surface area (Å²) in [5, 5.41) is 3.52. The lowest BCUT2D eigenvalue weighted by Gasteiger charge is -2.19. The Labute approximate surface area is 102 Å². The molecule has 0 amide bonds. The maximum atomic E-state index is 5.25. The summed E-state index contributed by atoms with van der Waals surface area (Å²) in [5.41, 5.74) is 0.398. The van der Waals surface area contributed by atoms with Crippen molar-refractivity contribution in [3.63, 3.8) is 0 Å². The Morgan fingerprint density at radius 2 is 1.88 bits per heavy atom. The molecule has 16 heavy (non-hydrogen) atoms. The molecule has 1 atom stereocenters. The van der Waals surface area contributed by atoms with Crippen molar-refractivity contribution in [2.24, 2.45) is 11.3 Å². The highest BCUT2D eigenvalue weighted by Crippen LogP contribution is 2.14. The minimum Gasteiger partial charge on any atom is -0.384 e. The molecular formula is C14H31NO. The maximum absolute atomic E-state index is 5.25. The van der Waals surface area contributed by atoms with Crippen LogP contribution in [0.15, 0.2) is 0 Å². The molecule has 98 valence electrons. The second kappa shape index (κ2) is 9.00. The van der Waals surface area contributed by atoms with Crippen molar-refractivity contribution in [2.45, 2.75) is 53.4 Å². The predicted octanol–water partition coefficient (Wildman–Crippen LogP) is 3.47. The average Bonchev–Trinajstić information content (AvgIpc) is 2.16. The zero-order valence-electron chi connectivity index (χ0n) is 11.9. The van der Waals surface area contributed by atoms with E-state index in [0.29, 0.717) is 5.41 Å². The van der Waals surface area contributed by atoms with Crippen LogP contribution in [0.25, 0.3) is 0 Å². The van der Waals surface area contributed by atoms with Gasteiger partial charge in [0.1, 0.15) is 0 Å². The molecule has 0 aliphatic heterocycles. The van der Waals surface area contributed by atoms with E-state index in [1.54, 1.807) is 7.11 Å². The first kappa shape index (κ1) is 15.9. The average molecular weight is 229 g/mol. The summed E-state index contributed by atoms with van der Waals surface area (Å²) in [4.78, 5) is 0. The van der Waals surface area contributed by atoms with Crippen molar-refractivity contribution in [2.75, 3.05) is 26.8 Å².